The van der Waals surface area contributed by atoms with Crippen molar-refractivity contribution in [2.75, 3.05) is 6.54 Å². The second kappa shape index (κ2) is 3.51. The number of aliphatic hydroxyl groups excluding tert-OH is 1. The fourth-order valence-electron chi connectivity index (χ4n) is 1.79. The van der Waals surface area contributed by atoms with E-state index in [1.807, 2.05) is 18.2 Å². The van der Waals surface area contributed by atoms with Gasteiger partial charge < -0.3 is 10.0 Å². The van der Waals surface area contributed by atoms with E-state index >= 15 is 0 Å². The summed E-state index contributed by atoms with van der Waals surface area (Å²) in [5, 5.41) is 9.29. The lowest BCUT2D eigenvalue weighted by atomic mass is 10.1. The summed E-state index contributed by atoms with van der Waals surface area (Å²) in [5.41, 5.74) is 2.21. The molecular weight excluding hydrogens is 190 g/mol. The quantitative estimate of drug-likeness (QED) is 0.791. The Hall–Kier alpha value is -1.61. The number of hydrogen-bond acceptors (Lipinski definition) is 2. The Morgan fingerprint density at radius 3 is 2.53 bits per heavy atom. The first kappa shape index (κ1) is 9.93. The molecule has 15 heavy (non-hydrogen) atoms. The van der Waals surface area contributed by atoms with Crippen LogP contribution in [0.2, 0.25) is 0 Å². The third-order valence-electron chi connectivity index (χ3n) is 2.49. The topological polar surface area (TPSA) is 40.5 Å². The molecule has 0 spiro atoms. The lowest BCUT2D eigenvalue weighted by Crippen LogP contribution is -2.30. The Kier molecular flexibility index (Phi) is 2.32. The predicted octanol–water partition coefficient (Wildman–Crippen LogP) is 1.49. The zero-order valence-corrected chi connectivity index (χ0v) is 8.60. The number of rotatable bonds is 2. The van der Waals surface area contributed by atoms with Crippen molar-refractivity contribution in [1.29, 1.82) is 0 Å². The van der Waals surface area contributed by atoms with Crippen LogP contribution in [0.3, 0.4) is 0 Å². The normalized spacial score (nSPS) is 16.8. The fourth-order valence-corrected chi connectivity index (χ4v) is 1.79. The van der Waals surface area contributed by atoms with Gasteiger partial charge in [-0.2, -0.15) is 0 Å². The van der Waals surface area contributed by atoms with E-state index in [4.69, 9.17) is 0 Å². The van der Waals surface area contributed by atoms with E-state index < -0.39 is 6.10 Å². The first-order valence-corrected chi connectivity index (χ1v) is 4.89. The van der Waals surface area contributed by atoms with Crippen LogP contribution in [0.25, 0.3) is 5.70 Å². The maximum Gasteiger partial charge on any atom is 0.259 e. The van der Waals surface area contributed by atoms with Gasteiger partial charge in [0.2, 0.25) is 0 Å². The fraction of sp³-hybridized carbons (Fsp3) is 0.250. The van der Waals surface area contributed by atoms with Gasteiger partial charge in [0.25, 0.3) is 5.91 Å². The third kappa shape index (κ3) is 1.55. The highest BCUT2D eigenvalue weighted by molar-refractivity contribution is 6.08. The average molecular weight is 203 g/mol. The number of aliphatic hydroxyl groups is 1. The number of amides is 1. The van der Waals surface area contributed by atoms with E-state index in [9.17, 15) is 9.90 Å². The Morgan fingerprint density at radius 1 is 1.40 bits per heavy atom. The molecule has 0 bridgehead atoms. The van der Waals surface area contributed by atoms with Crippen molar-refractivity contribution in [3.63, 3.8) is 0 Å². The van der Waals surface area contributed by atoms with Gasteiger partial charge in [0.1, 0.15) is 0 Å². The summed E-state index contributed by atoms with van der Waals surface area (Å²) in [6, 6.07) is 7.36. The lowest BCUT2D eigenvalue weighted by molar-refractivity contribution is 0.0779. The molecule has 1 amide bonds. The first-order valence-electron chi connectivity index (χ1n) is 4.89. The monoisotopic (exact) mass is 203 g/mol. The van der Waals surface area contributed by atoms with Crippen LogP contribution >= 0.6 is 0 Å². The van der Waals surface area contributed by atoms with E-state index in [2.05, 4.69) is 6.58 Å². The molecule has 1 atom stereocenters. The molecule has 1 heterocycles. The van der Waals surface area contributed by atoms with Crippen LogP contribution in [0.4, 0.5) is 0 Å². The zero-order chi connectivity index (χ0) is 11.0. The molecule has 0 aromatic heterocycles. The van der Waals surface area contributed by atoms with Crippen LogP contribution in [0.5, 0.6) is 0 Å². The minimum atomic E-state index is -0.542. The number of carbonyl (C=O) groups is 1. The highest BCUT2D eigenvalue weighted by Gasteiger charge is 2.30. The van der Waals surface area contributed by atoms with E-state index in [-0.39, 0.29) is 5.91 Å². The van der Waals surface area contributed by atoms with E-state index in [0.717, 1.165) is 5.56 Å². The van der Waals surface area contributed by atoms with Crippen molar-refractivity contribution in [2.45, 2.75) is 13.0 Å². The van der Waals surface area contributed by atoms with Gasteiger partial charge >= 0.3 is 0 Å². The second-order valence-corrected chi connectivity index (χ2v) is 3.76. The van der Waals surface area contributed by atoms with Gasteiger partial charge in [0.15, 0.2) is 0 Å². The van der Waals surface area contributed by atoms with Crippen molar-refractivity contribution in [3.8, 4) is 0 Å². The summed E-state index contributed by atoms with van der Waals surface area (Å²) in [5.74, 6) is -0.0727. The minimum absolute atomic E-state index is 0.0727. The van der Waals surface area contributed by atoms with Crippen LogP contribution in [0.1, 0.15) is 22.8 Å². The number of carbonyl (C=O) groups excluding carboxylic acids is 1. The van der Waals surface area contributed by atoms with Crippen LogP contribution < -0.4 is 0 Å². The lowest BCUT2D eigenvalue weighted by Gasteiger charge is -2.18. The maximum absolute atomic E-state index is 11.9. The molecule has 1 N–H and O–H groups in total. The summed E-state index contributed by atoms with van der Waals surface area (Å²) in [6.45, 7) is 5.83. The molecule has 1 aromatic rings. The van der Waals surface area contributed by atoms with Gasteiger partial charge in [-0.15, -0.1) is 0 Å². The molecule has 0 saturated carbocycles. The molecule has 3 nitrogen and oxygen atoms in total. The average Bonchev–Trinajstić information content (AvgIpc) is 2.44. The third-order valence-corrected chi connectivity index (χ3v) is 2.49. The largest absolute Gasteiger partial charge is 0.392 e. The molecule has 1 unspecified atom stereocenters. The van der Waals surface area contributed by atoms with Gasteiger partial charge in [0.05, 0.1) is 12.6 Å². The molecule has 0 aliphatic carbocycles. The highest BCUT2D eigenvalue weighted by atomic mass is 16.3. The van der Waals surface area contributed by atoms with E-state index in [1.54, 1.807) is 13.0 Å². The molecule has 0 fully saturated rings. The smallest absolute Gasteiger partial charge is 0.259 e. The molecule has 78 valence electrons. The van der Waals surface area contributed by atoms with Gasteiger partial charge in [-0.25, -0.2) is 0 Å². The maximum atomic E-state index is 11.9. The molecular formula is C12H13NO2. The molecule has 1 aliphatic rings. The number of nitrogens with zero attached hydrogens (tertiary/aromatic N) is 1. The van der Waals surface area contributed by atoms with Gasteiger partial charge in [-0.05, 0) is 13.0 Å². The highest BCUT2D eigenvalue weighted by Crippen LogP contribution is 2.30. The van der Waals surface area contributed by atoms with Gasteiger partial charge in [-0.3, -0.25) is 4.79 Å². The summed E-state index contributed by atoms with van der Waals surface area (Å²) in [6.07, 6.45) is -0.542. The molecule has 0 radical (unpaired) electrons. The SMILES string of the molecule is C=C1c2ccccc2C(=O)N1CC(C)O. The number of benzene rings is 1. The van der Waals surface area contributed by atoms with E-state index in [1.165, 1.54) is 4.90 Å². The Bertz CT molecular complexity index is 388. The standard InChI is InChI=1S/C12H13NO2/c1-8(14)7-13-9(2)10-5-3-4-6-11(10)12(13)15/h3-6,8,14H,2,7H2,1H3. The summed E-state index contributed by atoms with van der Waals surface area (Å²) < 4.78 is 0. The van der Waals surface area contributed by atoms with Crippen LogP contribution in [0, 0.1) is 0 Å². The zero-order valence-electron chi connectivity index (χ0n) is 8.60. The summed E-state index contributed by atoms with van der Waals surface area (Å²) in [7, 11) is 0. The molecule has 3 heteroatoms. The molecule has 1 aliphatic heterocycles. The minimum Gasteiger partial charge on any atom is -0.392 e. The Labute approximate surface area is 88.6 Å². The van der Waals surface area contributed by atoms with Gasteiger partial charge in [0, 0.05) is 16.8 Å². The van der Waals surface area contributed by atoms with Gasteiger partial charge in [-0.1, -0.05) is 24.8 Å². The van der Waals surface area contributed by atoms with Crippen LogP contribution in [0.15, 0.2) is 30.8 Å². The van der Waals surface area contributed by atoms with Crippen molar-refractivity contribution >= 4 is 11.6 Å². The molecule has 2 rings (SSSR count). The number of hydrogen-bond donors (Lipinski definition) is 1. The molecule has 1 aromatic carbocycles. The van der Waals surface area contributed by atoms with Crippen LogP contribution in [-0.4, -0.2) is 28.6 Å². The Balaban J connectivity index is 2.37. The van der Waals surface area contributed by atoms with Crippen molar-refractivity contribution in [2.24, 2.45) is 0 Å². The van der Waals surface area contributed by atoms with E-state index in [0.29, 0.717) is 17.8 Å². The predicted molar refractivity (Wildman–Crippen MR) is 58.2 cm³/mol. The second-order valence-electron chi connectivity index (χ2n) is 3.76. The summed E-state index contributed by atoms with van der Waals surface area (Å²) in [4.78, 5) is 13.4. The van der Waals surface area contributed by atoms with Crippen molar-refractivity contribution in [3.05, 3.63) is 42.0 Å². The van der Waals surface area contributed by atoms with Crippen molar-refractivity contribution < 1.29 is 9.90 Å². The van der Waals surface area contributed by atoms with Crippen molar-refractivity contribution in [1.82, 2.24) is 4.90 Å². The molecule has 0 saturated heterocycles. The number of β-amino-alcohol motifs (C(OH)–C–C–N with tert-alkyl or cyclic N) is 1. The number of fused-ring (bicyclic) bond motifs is 1. The summed E-state index contributed by atoms with van der Waals surface area (Å²) >= 11 is 0. The first-order chi connectivity index (χ1) is 7.11. The Morgan fingerprint density at radius 2 is 2.00 bits per heavy atom. The van der Waals surface area contributed by atoms with Crippen LogP contribution in [-0.2, 0) is 0 Å².